The lowest BCUT2D eigenvalue weighted by Gasteiger charge is -2.30. The summed E-state index contributed by atoms with van der Waals surface area (Å²) >= 11 is 0. The molecule has 38 heavy (non-hydrogen) atoms. The molecule has 4 atom stereocenters. The van der Waals surface area contributed by atoms with Gasteiger partial charge >= 0.3 is 11.9 Å². The average molecular weight is 523 g/mol. The smallest absolute Gasteiger partial charge is 0.379 e. The predicted octanol–water partition coefficient (Wildman–Crippen LogP) is 4.84. The van der Waals surface area contributed by atoms with Gasteiger partial charge in [-0.25, -0.2) is 9.59 Å². The summed E-state index contributed by atoms with van der Waals surface area (Å²) in [5, 5.41) is 0. The first-order valence-electron chi connectivity index (χ1n) is 13.1. The van der Waals surface area contributed by atoms with Crippen molar-refractivity contribution in [3.8, 4) is 0 Å². The van der Waals surface area contributed by atoms with Gasteiger partial charge in [0.25, 0.3) is 11.6 Å². The molecule has 0 N–H and O–H groups in total. The summed E-state index contributed by atoms with van der Waals surface area (Å²) < 4.78 is 9.06. The fraction of sp³-hybridized carbons (Fsp3) is 0.467. The van der Waals surface area contributed by atoms with Gasteiger partial charge < -0.3 is 19.3 Å². The molecule has 8 nitrogen and oxygen atoms in total. The molecular formula is C30H38N2O6. The standard InChI is InChI=1S/2C15H19NO3/c2*1-10-8-9-11(2)16(10)13-7-5-4-6-12(13)14(17)15(18)19-3/h2*4-7,10-11H,8-9H2,1-3H3/t2*10-,11+. The van der Waals surface area contributed by atoms with E-state index in [-0.39, 0.29) is 0 Å². The van der Waals surface area contributed by atoms with Crippen molar-refractivity contribution in [2.75, 3.05) is 24.0 Å². The second kappa shape index (κ2) is 12.7. The zero-order valence-corrected chi connectivity index (χ0v) is 23.1. The van der Waals surface area contributed by atoms with Gasteiger partial charge in [-0.15, -0.1) is 0 Å². The molecule has 2 heterocycles. The molecule has 0 spiro atoms. The van der Waals surface area contributed by atoms with Crippen LogP contribution in [0.2, 0.25) is 0 Å². The van der Waals surface area contributed by atoms with Crippen LogP contribution in [0, 0.1) is 0 Å². The minimum Gasteiger partial charge on any atom is -0.463 e. The van der Waals surface area contributed by atoms with Crippen LogP contribution < -0.4 is 9.80 Å². The van der Waals surface area contributed by atoms with Crippen LogP contribution in [0.15, 0.2) is 48.5 Å². The van der Waals surface area contributed by atoms with E-state index >= 15 is 0 Å². The van der Waals surface area contributed by atoms with Crippen LogP contribution in [0.4, 0.5) is 11.4 Å². The molecule has 4 rings (SSSR count). The molecule has 2 aromatic carbocycles. The van der Waals surface area contributed by atoms with Crippen molar-refractivity contribution in [2.45, 2.75) is 77.5 Å². The maximum absolute atomic E-state index is 12.1. The highest BCUT2D eigenvalue weighted by molar-refractivity contribution is 6.42. The maximum Gasteiger partial charge on any atom is 0.379 e. The van der Waals surface area contributed by atoms with Crippen molar-refractivity contribution < 1.29 is 28.7 Å². The number of esters is 2. The van der Waals surface area contributed by atoms with Crippen LogP contribution in [0.3, 0.4) is 0 Å². The highest BCUT2D eigenvalue weighted by Crippen LogP contribution is 2.34. The number of Topliss-reactive ketones (excluding diaryl/α,β-unsaturated/α-hetero) is 2. The minimum absolute atomic E-state index is 0.376. The molecule has 0 bridgehead atoms. The SMILES string of the molecule is COC(=O)C(=O)c1ccccc1N1[C@H](C)CC[C@@H]1C.COC(=O)C(=O)c1ccccc1N1[C@H](C)CC[C@@H]1C. The first kappa shape index (κ1) is 28.9. The van der Waals surface area contributed by atoms with Crippen molar-refractivity contribution in [1.29, 1.82) is 0 Å². The summed E-state index contributed by atoms with van der Waals surface area (Å²) in [6, 6.07) is 16.0. The Morgan fingerprint density at radius 1 is 0.579 bits per heavy atom. The first-order valence-corrected chi connectivity index (χ1v) is 13.1. The molecule has 0 radical (unpaired) electrons. The largest absolute Gasteiger partial charge is 0.463 e. The average Bonchev–Trinajstić information content (AvgIpc) is 3.45. The number of hydrogen-bond donors (Lipinski definition) is 0. The Hall–Kier alpha value is -3.68. The van der Waals surface area contributed by atoms with E-state index in [4.69, 9.17) is 0 Å². The number of ether oxygens (including phenoxy) is 2. The number of hydrogen-bond acceptors (Lipinski definition) is 8. The topological polar surface area (TPSA) is 93.2 Å². The number of benzene rings is 2. The number of ketones is 2. The second-order valence-electron chi connectivity index (χ2n) is 10.0. The first-order chi connectivity index (χ1) is 18.1. The van der Waals surface area contributed by atoms with E-state index < -0.39 is 23.5 Å². The number of nitrogens with zero attached hydrogens (tertiary/aromatic N) is 2. The van der Waals surface area contributed by atoms with Crippen LogP contribution in [0.25, 0.3) is 0 Å². The normalized spacial score (nSPS) is 22.4. The Morgan fingerprint density at radius 2 is 0.868 bits per heavy atom. The molecule has 204 valence electrons. The molecule has 0 aliphatic carbocycles. The fourth-order valence-corrected chi connectivity index (χ4v) is 5.53. The number of methoxy groups -OCH3 is 2. The molecule has 0 aromatic heterocycles. The third kappa shape index (κ3) is 6.06. The zero-order valence-electron chi connectivity index (χ0n) is 23.1. The second-order valence-corrected chi connectivity index (χ2v) is 10.0. The summed E-state index contributed by atoms with van der Waals surface area (Å²) in [6.45, 7) is 8.57. The monoisotopic (exact) mass is 522 g/mol. The van der Waals surface area contributed by atoms with Crippen LogP contribution in [0.5, 0.6) is 0 Å². The number of para-hydroxylation sites is 2. The summed E-state index contributed by atoms with van der Waals surface area (Å²) in [7, 11) is 2.45. The Bertz CT molecular complexity index is 1070. The fourth-order valence-electron chi connectivity index (χ4n) is 5.53. The van der Waals surface area contributed by atoms with Gasteiger partial charge in [0.1, 0.15) is 0 Å². The number of carbonyl (C=O) groups excluding carboxylic acids is 4. The molecular weight excluding hydrogens is 484 g/mol. The van der Waals surface area contributed by atoms with Crippen molar-refractivity contribution in [3.05, 3.63) is 59.7 Å². The van der Waals surface area contributed by atoms with E-state index in [0.717, 1.165) is 37.1 Å². The Morgan fingerprint density at radius 3 is 1.16 bits per heavy atom. The molecule has 2 aliphatic rings. The van der Waals surface area contributed by atoms with Gasteiger partial charge in [0, 0.05) is 35.5 Å². The third-order valence-electron chi connectivity index (χ3n) is 7.50. The lowest BCUT2D eigenvalue weighted by molar-refractivity contribution is -0.135. The van der Waals surface area contributed by atoms with Crippen LogP contribution in [-0.2, 0) is 19.1 Å². The van der Waals surface area contributed by atoms with E-state index in [0.29, 0.717) is 35.3 Å². The molecule has 2 aromatic rings. The summed E-state index contributed by atoms with van der Waals surface area (Å²) in [4.78, 5) is 51.5. The Labute approximate surface area is 224 Å². The van der Waals surface area contributed by atoms with Crippen molar-refractivity contribution in [3.63, 3.8) is 0 Å². The molecule has 0 unspecified atom stereocenters. The van der Waals surface area contributed by atoms with Gasteiger partial charge in [-0.05, 0) is 77.6 Å². The van der Waals surface area contributed by atoms with Gasteiger partial charge in [-0.2, -0.15) is 0 Å². The van der Waals surface area contributed by atoms with Crippen molar-refractivity contribution in [1.82, 2.24) is 0 Å². The van der Waals surface area contributed by atoms with Gasteiger partial charge in [0.05, 0.1) is 25.3 Å². The van der Waals surface area contributed by atoms with Crippen molar-refractivity contribution in [2.24, 2.45) is 0 Å². The van der Waals surface area contributed by atoms with Gasteiger partial charge in [0.2, 0.25) is 0 Å². The quantitative estimate of drug-likeness (QED) is 0.302. The van der Waals surface area contributed by atoms with Gasteiger partial charge in [-0.3, -0.25) is 9.59 Å². The van der Waals surface area contributed by atoms with E-state index in [9.17, 15) is 19.2 Å². The number of rotatable bonds is 6. The number of carbonyl (C=O) groups is 4. The molecule has 0 amide bonds. The highest BCUT2D eigenvalue weighted by Gasteiger charge is 2.32. The van der Waals surface area contributed by atoms with Crippen LogP contribution >= 0.6 is 0 Å². The predicted molar refractivity (Wildman–Crippen MR) is 147 cm³/mol. The van der Waals surface area contributed by atoms with E-state index in [1.54, 1.807) is 24.3 Å². The summed E-state index contributed by atoms with van der Waals surface area (Å²) in [5.74, 6) is -2.78. The molecule has 8 heteroatoms. The minimum atomic E-state index is -0.813. The lowest BCUT2D eigenvalue weighted by Crippen LogP contribution is -2.34. The summed E-state index contributed by atoms with van der Waals surface area (Å²) in [6.07, 6.45) is 4.40. The lowest BCUT2D eigenvalue weighted by atomic mass is 10.1. The van der Waals surface area contributed by atoms with E-state index in [2.05, 4.69) is 47.0 Å². The Kier molecular flexibility index (Phi) is 9.66. The van der Waals surface area contributed by atoms with Gasteiger partial charge in [-0.1, -0.05) is 24.3 Å². The Balaban J connectivity index is 0.000000211. The van der Waals surface area contributed by atoms with Crippen LogP contribution in [-0.4, -0.2) is 61.9 Å². The van der Waals surface area contributed by atoms with E-state index in [1.807, 2.05) is 24.3 Å². The zero-order chi connectivity index (χ0) is 28.0. The third-order valence-corrected chi connectivity index (χ3v) is 7.50. The maximum atomic E-state index is 12.1. The molecule has 2 saturated heterocycles. The van der Waals surface area contributed by atoms with Gasteiger partial charge in [0.15, 0.2) is 0 Å². The van der Waals surface area contributed by atoms with Crippen LogP contribution in [0.1, 0.15) is 74.1 Å². The molecule has 0 saturated carbocycles. The molecule has 2 fully saturated rings. The van der Waals surface area contributed by atoms with E-state index in [1.165, 1.54) is 14.2 Å². The highest BCUT2D eigenvalue weighted by atomic mass is 16.5. The summed E-state index contributed by atoms with van der Waals surface area (Å²) in [5.41, 5.74) is 2.51. The molecule has 2 aliphatic heterocycles. The number of anilines is 2. The van der Waals surface area contributed by atoms with Crippen molar-refractivity contribution >= 4 is 34.9 Å².